The van der Waals surface area contributed by atoms with Gasteiger partial charge in [-0.1, -0.05) is 57.7 Å². The number of carbonyl (C=O) groups excluding carboxylic acids is 1. The second kappa shape index (κ2) is 9.67. The summed E-state index contributed by atoms with van der Waals surface area (Å²) in [6.45, 7) is 6.71. The molecule has 0 atom stereocenters. The van der Waals surface area contributed by atoms with E-state index in [0.717, 1.165) is 38.5 Å². The van der Waals surface area contributed by atoms with Crippen molar-refractivity contribution < 1.29 is 4.79 Å². The fraction of sp³-hybridized carbons (Fsp3) is 0.316. The van der Waals surface area contributed by atoms with Gasteiger partial charge in [-0.2, -0.15) is 0 Å². The van der Waals surface area contributed by atoms with E-state index in [1.807, 2.05) is 55.7 Å². The summed E-state index contributed by atoms with van der Waals surface area (Å²) in [4.78, 5) is 21.4. The number of ketones is 1. The summed E-state index contributed by atoms with van der Waals surface area (Å²) in [7, 11) is 0. The first kappa shape index (κ1) is 21.0. The average molecular weight is 478 g/mol. The molecule has 2 heterocycles. The van der Waals surface area contributed by atoms with Crippen LogP contribution in [0.1, 0.15) is 34.5 Å². The van der Waals surface area contributed by atoms with Gasteiger partial charge in [-0.3, -0.25) is 4.79 Å². The highest BCUT2D eigenvalue weighted by Gasteiger charge is 2.16. The summed E-state index contributed by atoms with van der Waals surface area (Å²) < 4.78 is 2.84. The van der Waals surface area contributed by atoms with Crippen molar-refractivity contribution in [1.82, 2.24) is 24.7 Å². The van der Waals surface area contributed by atoms with Gasteiger partial charge in [-0.05, 0) is 32.9 Å². The Morgan fingerprint density at radius 3 is 2.50 bits per heavy atom. The minimum Gasteiger partial charge on any atom is -0.306 e. The van der Waals surface area contributed by atoms with Crippen LogP contribution in [0.25, 0.3) is 0 Å². The minimum absolute atomic E-state index is 0.0580. The number of rotatable bonds is 8. The number of hydrogen-bond acceptors (Lipinski definition) is 7. The molecule has 28 heavy (non-hydrogen) atoms. The van der Waals surface area contributed by atoms with Crippen molar-refractivity contribution in [3.8, 4) is 0 Å². The van der Waals surface area contributed by atoms with Crippen LogP contribution in [-0.4, -0.2) is 36.3 Å². The second-order valence-corrected chi connectivity index (χ2v) is 8.80. The van der Waals surface area contributed by atoms with E-state index < -0.39 is 0 Å². The van der Waals surface area contributed by atoms with Gasteiger partial charge in [0.25, 0.3) is 0 Å². The maximum Gasteiger partial charge on any atom is 0.191 e. The monoisotopic (exact) mass is 477 g/mol. The molecule has 0 spiro atoms. The molecule has 6 nitrogen and oxygen atoms in total. The Kier molecular flexibility index (Phi) is 7.25. The van der Waals surface area contributed by atoms with Crippen LogP contribution in [0.3, 0.4) is 0 Å². The van der Waals surface area contributed by atoms with Gasteiger partial charge in [0.15, 0.2) is 16.1 Å². The van der Waals surface area contributed by atoms with Crippen LogP contribution in [0.15, 0.2) is 45.1 Å². The molecule has 0 saturated heterocycles. The quantitative estimate of drug-likeness (QED) is 0.263. The molecule has 0 radical (unpaired) electrons. The molecule has 1 aromatic carbocycles. The number of carbonyl (C=O) groups is 1. The molecular formula is C19H20BrN5OS2. The third-order valence-corrected chi connectivity index (χ3v) is 6.41. The van der Waals surface area contributed by atoms with Crippen LogP contribution in [0, 0.1) is 13.8 Å². The topological polar surface area (TPSA) is 73.6 Å². The number of benzene rings is 1. The van der Waals surface area contributed by atoms with E-state index in [2.05, 4.69) is 36.1 Å². The first-order chi connectivity index (χ1) is 13.5. The van der Waals surface area contributed by atoms with Gasteiger partial charge in [-0.15, -0.1) is 10.2 Å². The molecular weight excluding hydrogens is 458 g/mol. The fourth-order valence-corrected chi connectivity index (χ4v) is 4.93. The van der Waals surface area contributed by atoms with Crippen molar-refractivity contribution >= 4 is 45.2 Å². The Morgan fingerprint density at radius 2 is 1.82 bits per heavy atom. The number of aromatic nitrogens is 5. The highest BCUT2D eigenvalue weighted by Crippen LogP contribution is 2.25. The molecule has 0 aliphatic carbocycles. The minimum atomic E-state index is 0.0580. The zero-order valence-electron chi connectivity index (χ0n) is 15.8. The molecule has 3 aromatic rings. The van der Waals surface area contributed by atoms with E-state index in [1.54, 1.807) is 0 Å². The number of halogens is 1. The highest BCUT2D eigenvalue weighted by molar-refractivity contribution is 9.10. The lowest BCUT2D eigenvalue weighted by Gasteiger charge is -2.07. The van der Waals surface area contributed by atoms with E-state index in [-0.39, 0.29) is 5.78 Å². The van der Waals surface area contributed by atoms with Gasteiger partial charge < -0.3 is 4.57 Å². The van der Waals surface area contributed by atoms with E-state index >= 15 is 0 Å². The predicted molar refractivity (Wildman–Crippen MR) is 116 cm³/mol. The lowest BCUT2D eigenvalue weighted by atomic mass is 10.1. The summed E-state index contributed by atoms with van der Waals surface area (Å²) >= 11 is 6.38. The van der Waals surface area contributed by atoms with Gasteiger partial charge in [0, 0.05) is 28.0 Å². The third-order valence-electron chi connectivity index (χ3n) is 3.91. The number of hydrogen-bond donors (Lipinski definition) is 0. The summed E-state index contributed by atoms with van der Waals surface area (Å²) in [6, 6.07) is 9.41. The van der Waals surface area contributed by atoms with Crippen LogP contribution < -0.4 is 0 Å². The Bertz CT molecular complexity index is 972. The molecule has 0 bridgehead atoms. The van der Waals surface area contributed by atoms with Crippen LogP contribution in [-0.2, 0) is 12.3 Å². The molecule has 0 unspecified atom stereocenters. The van der Waals surface area contributed by atoms with Gasteiger partial charge >= 0.3 is 0 Å². The van der Waals surface area contributed by atoms with E-state index in [4.69, 9.17) is 0 Å². The molecule has 0 aliphatic rings. The van der Waals surface area contributed by atoms with E-state index in [9.17, 15) is 4.79 Å². The Morgan fingerprint density at radius 1 is 1.11 bits per heavy atom. The summed E-state index contributed by atoms with van der Waals surface area (Å²) in [5.74, 6) is 1.85. The van der Waals surface area contributed by atoms with Crippen molar-refractivity contribution in [2.75, 3.05) is 5.75 Å². The SMILES string of the molecule is CCn1c(CSc2nc(C)cc(C)n2)nnc1SCC(=O)c1ccccc1Br. The zero-order chi connectivity index (χ0) is 20.1. The maximum atomic E-state index is 12.5. The van der Waals surface area contributed by atoms with E-state index in [1.165, 1.54) is 23.5 Å². The van der Waals surface area contributed by atoms with Crippen LogP contribution in [0.2, 0.25) is 0 Å². The summed E-state index contributed by atoms with van der Waals surface area (Å²) in [5, 5.41) is 10.1. The molecule has 0 N–H and O–H groups in total. The van der Waals surface area contributed by atoms with Crippen molar-refractivity contribution in [2.24, 2.45) is 0 Å². The Hall–Kier alpha value is -1.71. The zero-order valence-corrected chi connectivity index (χ0v) is 19.1. The van der Waals surface area contributed by atoms with Gasteiger partial charge in [0.2, 0.25) is 0 Å². The van der Waals surface area contributed by atoms with Gasteiger partial charge in [0.1, 0.15) is 5.82 Å². The lowest BCUT2D eigenvalue weighted by Crippen LogP contribution is -2.06. The fourth-order valence-electron chi connectivity index (χ4n) is 2.63. The first-order valence-electron chi connectivity index (χ1n) is 8.75. The molecule has 0 amide bonds. The van der Waals surface area contributed by atoms with E-state index in [0.29, 0.717) is 17.1 Å². The standard InChI is InChI=1S/C19H20BrN5OS2/c1-4-25-17(11-27-18-21-12(2)9-13(3)22-18)23-24-19(25)28-10-16(26)14-7-5-6-8-15(14)20/h5-9H,4,10-11H2,1-3H3. The summed E-state index contributed by atoms with van der Waals surface area (Å²) in [5.41, 5.74) is 2.59. The van der Waals surface area contributed by atoms with Crippen LogP contribution in [0.5, 0.6) is 0 Å². The number of thioether (sulfide) groups is 2. The number of nitrogens with zero attached hydrogens (tertiary/aromatic N) is 5. The third kappa shape index (κ3) is 5.21. The molecule has 146 valence electrons. The van der Waals surface area contributed by atoms with Gasteiger partial charge in [0.05, 0.1) is 11.5 Å². The smallest absolute Gasteiger partial charge is 0.191 e. The summed E-state index contributed by atoms with van der Waals surface area (Å²) in [6.07, 6.45) is 0. The maximum absolute atomic E-state index is 12.5. The molecule has 2 aromatic heterocycles. The van der Waals surface area contributed by atoms with Crippen LogP contribution in [0.4, 0.5) is 0 Å². The largest absolute Gasteiger partial charge is 0.306 e. The van der Waals surface area contributed by atoms with Crippen molar-refractivity contribution in [3.05, 3.63) is 57.6 Å². The molecule has 0 aliphatic heterocycles. The molecule has 3 rings (SSSR count). The Labute approximate surface area is 181 Å². The van der Waals surface area contributed by atoms with Gasteiger partial charge in [-0.25, -0.2) is 9.97 Å². The predicted octanol–water partition coefficient (Wildman–Crippen LogP) is 4.73. The Balaban J connectivity index is 1.66. The van der Waals surface area contributed by atoms with Crippen molar-refractivity contribution in [3.63, 3.8) is 0 Å². The number of Topliss-reactive ketones (excluding diaryl/α,β-unsaturated/α-hetero) is 1. The lowest BCUT2D eigenvalue weighted by molar-refractivity contribution is 0.102. The normalized spacial score (nSPS) is 11.0. The van der Waals surface area contributed by atoms with Crippen molar-refractivity contribution in [1.29, 1.82) is 0 Å². The highest BCUT2D eigenvalue weighted by atomic mass is 79.9. The molecule has 0 saturated carbocycles. The first-order valence-corrected chi connectivity index (χ1v) is 11.5. The van der Waals surface area contributed by atoms with Crippen LogP contribution >= 0.6 is 39.5 Å². The average Bonchev–Trinajstić information content (AvgIpc) is 3.06. The molecule has 0 fully saturated rings. The van der Waals surface area contributed by atoms with Crippen molar-refractivity contribution in [2.45, 2.75) is 43.4 Å². The number of aryl methyl sites for hydroxylation is 2. The molecule has 9 heteroatoms. The second-order valence-electron chi connectivity index (χ2n) is 6.06.